The second-order valence-electron chi connectivity index (χ2n) is 6.59. The monoisotopic (exact) mass is 331 g/mol. The van der Waals surface area contributed by atoms with Crippen molar-refractivity contribution in [3.8, 4) is 5.75 Å². The van der Waals surface area contributed by atoms with Gasteiger partial charge in [0, 0.05) is 39.1 Å². The van der Waals surface area contributed by atoms with Crippen LogP contribution in [0.25, 0.3) is 0 Å². The SMILES string of the molecule is Cc1ccc2c(c1)N(CCCC(=O)N1CCN(C)CC1)C(=O)CO2. The normalized spacial score (nSPS) is 18.3. The fourth-order valence-electron chi connectivity index (χ4n) is 3.16. The minimum Gasteiger partial charge on any atom is -0.482 e. The summed E-state index contributed by atoms with van der Waals surface area (Å²) < 4.78 is 5.48. The van der Waals surface area contributed by atoms with Crippen molar-refractivity contribution in [2.75, 3.05) is 51.3 Å². The molecule has 0 aliphatic carbocycles. The van der Waals surface area contributed by atoms with Gasteiger partial charge in [-0.25, -0.2) is 0 Å². The van der Waals surface area contributed by atoms with Crippen LogP contribution in [0.15, 0.2) is 18.2 Å². The van der Waals surface area contributed by atoms with Crippen LogP contribution in [-0.2, 0) is 9.59 Å². The Labute approximate surface area is 143 Å². The van der Waals surface area contributed by atoms with E-state index < -0.39 is 0 Å². The first-order valence-electron chi connectivity index (χ1n) is 8.55. The number of fused-ring (bicyclic) bond motifs is 1. The molecule has 2 heterocycles. The predicted octanol–water partition coefficient (Wildman–Crippen LogP) is 1.27. The molecule has 0 atom stereocenters. The second-order valence-corrected chi connectivity index (χ2v) is 6.59. The second kappa shape index (κ2) is 7.21. The van der Waals surface area contributed by atoms with Gasteiger partial charge in [-0.05, 0) is 38.1 Å². The summed E-state index contributed by atoms with van der Waals surface area (Å²) in [6.45, 7) is 6.08. The van der Waals surface area contributed by atoms with Crippen molar-refractivity contribution in [3.05, 3.63) is 23.8 Å². The van der Waals surface area contributed by atoms with Crippen molar-refractivity contribution in [2.45, 2.75) is 19.8 Å². The van der Waals surface area contributed by atoms with E-state index in [0.717, 1.165) is 43.2 Å². The zero-order valence-corrected chi connectivity index (χ0v) is 14.5. The van der Waals surface area contributed by atoms with Gasteiger partial charge in [-0.1, -0.05) is 6.07 Å². The maximum absolute atomic E-state index is 12.3. The van der Waals surface area contributed by atoms with Gasteiger partial charge in [-0.3, -0.25) is 9.59 Å². The van der Waals surface area contributed by atoms with Gasteiger partial charge in [0.1, 0.15) is 5.75 Å². The van der Waals surface area contributed by atoms with Crippen molar-refractivity contribution < 1.29 is 14.3 Å². The van der Waals surface area contributed by atoms with Crippen LogP contribution in [0.1, 0.15) is 18.4 Å². The van der Waals surface area contributed by atoms with Crippen LogP contribution in [-0.4, -0.2) is 68.0 Å². The number of carbonyl (C=O) groups excluding carboxylic acids is 2. The molecule has 0 aromatic heterocycles. The van der Waals surface area contributed by atoms with Gasteiger partial charge in [0.05, 0.1) is 5.69 Å². The largest absolute Gasteiger partial charge is 0.482 e. The molecule has 1 aromatic carbocycles. The number of likely N-dealkylation sites (N-methyl/N-ethyl adjacent to an activating group) is 1. The molecule has 2 amide bonds. The lowest BCUT2D eigenvalue weighted by atomic mass is 10.1. The maximum atomic E-state index is 12.3. The molecule has 2 aliphatic heterocycles. The van der Waals surface area contributed by atoms with Gasteiger partial charge < -0.3 is 19.4 Å². The Morgan fingerprint density at radius 2 is 1.96 bits per heavy atom. The van der Waals surface area contributed by atoms with E-state index in [1.165, 1.54) is 0 Å². The Hall–Kier alpha value is -2.08. The topological polar surface area (TPSA) is 53.1 Å². The minimum absolute atomic E-state index is 0.0415. The molecule has 1 saturated heterocycles. The highest BCUT2D eigenvalue weighted by molar-refractivity contribution is 5.98. The summed E-state index contributed by atoms with van der Waals surface area (Å²) in [6.07, 6.45) is 1.15. The molecular formula is C18H25N3O3. The van der Waals surface area contributed by atoms with Crippen LogP contribution in [0.4, 0.5) is 5.69 Å². The van der Waals surface area contributed by atoms with Crippen LogP contribution in [0.5, 0.6) is 5.75 Å². The number of piperazine rings is 1. The summed E-state index contributed by atoms with van der Waals surface area (Å²) in [6, 6.07) is 5.85. The summed E-state index contributed by atoms with van der Waals surface area (Å²) in [4.78, 5) is 30.4. The standard InChI is InChI=1S/C18H25N3O3/c1-14-5-6-16-15(12-14)21(18(23)13-24-16)7-3-4-17(22)20-10-8-19(2)9-11-20/h5-6,12H,3-4,7-11,13H2,1-2H3. The lowest BCUT2D eigenvalue weighted by Gasteiger charge is -2.33. The average Bonchev–Trinajstić information content (AvgIpc) is 2.57. The number of aryl methyl sites for hydroxylation is 1. The van der Waals surface area contributed by atoms with E-state index in [0.29, 0.717) is 19.4 Å². The van der Waals surface area contributed by atoms with Crippen molar-refractivity contribution in [3.63, 3.8) is 0 Å². The van der Waals surface area contributed by atoms with E-state index in [1.54, 1.807) is 4.90 Å². The van der Waals surface area contributed by atoms with E-state index in [2.05, 4.69) is 11.9 Å². The Balaban J connectivity index is 1.56. The summed E-state index contributed by atoms with van der Waals surface area (Å²) in [7, 11) is 2.07. The third kappa shape index (κ3) is 3.70. The lowest BCUT2D eigenvalue weighted by Crippen LogP contribution is -2.47. The smallest absolute Gasteiger partial charge is 0.265 e. The molecule has 3 rings (SSSR count). The number of rotatable bonds is 4. The number of hydrogen-bond acceptors (Lipinski definition) is 4. The molecule has 130 valence electrons. The van der Waals surface area contributed by atoms with Crippen LogP contribution in [0.3, 0.4) is 0 Å². The molecule has 0 N–H and O–H groups in total. The highest BCUT2D eigenvalue weighted by atomic mass is 16.5. The predicted molar refractivity (Wildman–Crippen MR) is 92.3 cm³/mol. The van der Waals surface area contributed by atoms with E-state index in [-0.39, 0.29) is 18.4 Å². The molecule has 6 heteroatoms. The lowest BCUT2D eigenvalue weighted by molar-refractivity contribution is -0.133. The minimum atomic E-state index is -0.0415. The molecule has 0 radical (unpaired) electrons. The molecule has 0 unspecified atom stereocenters. The Morgan fingerprint density at radius 3 is 2.71 bits per heavy atom. The third-order valence-electron chi connectivity index (χ3n) is 4.69. The van der Waals surface area contributed by atoms with Gasteiger partial charge in [-0.2, -0.15) is 0 Å². The highest BCUT2D eigenvalue weighted by Crippen LogP contribution is 2.32. The Kier molecular flexibility index (Phi) is 5.04. The van der Waals surface area contributed by atoms with Crippen molar-refractivity contribution in [2.24, 2.45) is 0 Å². The fourth-order valence-corrected chi connectivity index (χ4v) is 3.16. The van der Waals surface area contributed by atoms with Gasteiger partial charge in [0.25, 0.3) is 5.91 Å². The van der Waals surface area contributed by atoms with Crippen LogP contribution in [0.2, 0.25) is 0 Å². The number of carbonyl (C=O) groups is 2. The Morgan fingerprint density at radius 1 is 1.21 bits per heavy atom. The van der Waals surface area contributed by atoms with Crippen LogP contribution in [0, 0.1) is 6.92 Å². The molecule has 2 aliphatic rings. The molecule has 1 fully saturated rings. The Bertz CT molecular complexity index is 624. The quantitative estimate of drug-likeness (QED) is 0.834. The number of anilines is 1. The highest BCUT2D eigenvalue weighted by Gasteiger charge is 2.26. The number of nitrogens with zero attached hydrogens (tertiary/aromatic N) is 3. The molecule has 1 aromatic rings. The summed E-state index contributed by atoms with van der Waals surface area (Å²) in [5, 5.41) is 0. The van der Waals surface area contributed by atoms with Gasteiger partial charge in [-0.15, -0.1) is 0 Å². The summed E-state index contributed by atoms with van der Waals surface area (Å²) in [5.74, 6) is 0.888. The maximum Gasteiger partial charge on any atom is 0.265 e. The first-order valence-corrected chi connectivity index (χ1v) is 8.55. The van der Waals surface area contributed by atoms with Gasteiger partial charge in [0.15, 0.2) is 6.61 Å². The van der Waals surface area contributed by atoms with E-state index in [1.807, 2.05) is 30.0 Å². The van der Waals surface area contributed by atoms with Gasteiger partial charge in [0.2, 0.25) is 5.91 Å². The third-order valence-corrected chi connectivity index (χ3v) is 4.69. The summed E-state index contributed by atoms with van der Waals surface area (Å²) >= 11 is 0. The van der Waals surface area contributed by atoms with Gasteiger partial charge >= 0.3 is 0 Å². The van der Waals surface area contributed by atoms with E-state index >= 15 is 0 Å². The van der Waals surface area contributed by atoms with Crippen molar-refractivity contribution in [1.82, 2.24) is 9.80 Å². The zero-order chi connectivity index (χ0) is 17.1. The van der Waals surface area contributed by atoms with E-state index in [9.17, 15) is 9.59 Å². The molecule has 0 spiro atoms. The van der Waals surface area contributed by atoms with Crippen molar-refractivity contribution in [1.29, 1.82) is 0 Å². The average molecular weight is 331 g/mol. The number of amides is 2. The first kappa shape index (κ1) is 16.8. The number of benzene rings is 1. The van der Waals surface area contributed by atoms with Crippen LogP contribution < -0.4 is 9.64 Å². The van der Waals surface area contributed by atoms with Crippen molar-refractivity contribution >= 4 is 17.5 Å². The molecular weight excluding hydrogens is 306 g/mol. The number of ether oxygens (including phenoxy) is 1. The molecule has 24 heavy (non-hydrogen) atoms. The molecule has 0 saturated carbocycles. The molecule has 0 bridgehead atoms. The van der Waals surface area contributed by atoms with Crippen LogP contribution >= 0.6 is 0 Å². The fraction of sp³-hybridized carbons (Fsp3) is 0.556. The molecule has 6 nitrogen and oxygen atoms in total. The summed E-state index contributed by atoms with van der Waals surface area (Å²) in [5.41, 5.74) is 1.91. The van der Waals surface area contributed by atoms with E-state index in [4.69, 9.17) is 4.74 Å². The zero-order valence-electron chi connectivity index (χ0n) is 14.5. The number of hydrogen-bond donors (Lipinski definition) is 0. The first-order chi connectivity index (χ1) is 11.5.